The Balaban J connectivity index is 0.000000224. The van der Waals surface area contributed by atoms with Crippen LogP contribution in [0.3, 0.4) is 0 Å². The van der Waals surface area contributed by atoms with Gasteiger partial charge in [-0.25, -0.2) is 33.7 Å². The summed E-state index contributed by atoms with van der Waals surface area (Å²) in [7, 11) is -14.5. The van der Waals surface area contributed by atoms with Gasteiger partial charge in [0.2, 0.25) is 44.2 Å². The van der Waals surface area contributed by atoms with Gasteiger partial charge >= 0.3 is 0 Å². The van der Waals surface area contributed by atoms with Crippen molar-refractivity contribution in [3.63, 3.8) is 0 Å². The lowest BCUT2D eigenvalue weighted by molar-refractivity contribution is 0.0992. The van der Waals surface area contributed by atoms with Crippen LogP contribution in [-0.4, -0.2) is 98.1 Å². The lowest BCUT2D eigenvalue weighted by Gasteiger charge is -2.04. The van der Waals surface area contributed by atoms with E-state index >= 15 is 0 Å². The van der Waals surface area contributed by atoms with Crippen molar-refractivity contribution in [1.82, 2.24) is 40.8 Å². The Morgan fingerprint density at radius 3 is 0.481 bits per heavy atom. The maximum absolute atomic E-state index is 11.9. The molecule has 0 fully saturated rings. The number of carbonyl (C=O) groups is 4. The lowest BCUT2D eigenvalue weighted by atomic mass is 10.2. The van der Waals surface area contributed by atoms with Crippen LogP contribution in [0.1, 0.15) is 61.5 Å². The van der Waals surface area contributed by atoms with Crippen LogP contribution in [0.15, 0.2) is 214 Å². The zero-order chi connectivity index (χ0) is 80.1. The van der Waals surface area contributed by atoms with E-state index in [-0.39, 0.29) is 40.1 Å². The molecule has 44 heteroatoms. The Bertz CT molecular complexity index is 4740. The van der Waals surface area contributed by atoms with Gasteiger partial charge in [-0.15, -0.1) is 40.8 Å². The second-order valence-electron chi connectivity index (χ2n) is 21.1. The summed E-state index contributed by atoms with van der Waals surface area (Å²) in [6.07, 6.45) is 0. The van der Waals surface area contributed by atoms with Gasteiger partial charge in [-0.3, -0.25) is 38.1 Å². The number of nitrogens with one attached hydrogen (secondary N) is 4. The van der Waals surface area contributed by atoms with Gasteiger partial charge in [-0.05, 0) is 222 Å². The number of nitrogen functional groups attached to an aromatic ring is 8. The van der Waals surface area contributed by atoms with Crippen LogP contribution in [0.5, 0.6) is 0 Å². The summed E-state index contributed by atoms with van der Waals surface area (Å²) in [6, 6.07) is 49.6. The quantitative estimate of drug-likeness (QED) is 0.0466. The third-order valence-corrected chi connectivity index (χ3v) is 21.5. The van der Waals surface area contributed by atoms with E-state index in [1.54, 1.807) is 125 Å². The average Bonchev–Trinajstić information content (AvgIpc) is 1.44. The Morgan fingerprint density at radius 1 is 0.241 bits per heavy atom. The number of aryl methyl sites for hydroxylation is 4. The smallest absolute Gasteiger partial charge is 0.263 e. The number of nitrogens with two attached hydrogens (primary N) is 12. The first-order chi connectivity index (χ1) is 50.7. The Morgan fingerprint density at radius 2 is 0.370 bits per heavy atom. The molecule has 12 aromatic rings. The van der Waals surface area contributed by atoms with E-state index in [4.69, 9.17) is 68.8 Å². The van der Waals surface area contributed by atoms with E-state index in [2.05, 4.69) is 59.7 Å². The zero-order valence-corrected chi connectivity index (χ0v) is 63.7. The van der Waals surface area contributed by atoms with Crippen LogP contribution in [0, 0.1) is 27.7 Å². The van der Waals surface area contributed by atoms with Crippen molar-refractivity contribution in [2.45, 2.75) is 47.3 Å². The molecular formula is C64H72N24O12S8. The maximum Gasteiger partial charge on any atom is 0.263 e. The molecule has 0 aliphatic carbocycles. The second-order valence-corrected chi connectivity index (χ2v) is 32.6. The van der Waals surface area contributed by atoms with E-state index in [0.29, 0.717) is 87.8 Å². The molecule has 8 aromatic carbocycles. The Hall–Kier alpha value is -12.7. The fourth-order valence-electron chi connectivity index (χ4n) is 7.22. The Labute approximate surface area is 635 Å². The molecule has 12 rings (SSSR count). The third kappa shape index (κ3) is 29.8. The highest BCUT2D eigenvalue weighted by molar-refractivity contribution is 7.93. The van der Waals surface area contributed by atoms with Crippen LogP contribution in [0.2, 0.25) is 0 Å². The van der Waals surface area contributed by atoms with E-state index in [1.807, 2.05) is 0 Å². The fourth-order valence-corrected chi connectivity index (χ4v) is 14.5. The predicted octanol–water partition coefficient (Wildman–Crippen LogP) is 6.39. The minimum Gasteiger partial charge on any atom is -0.399 e. The molecule has 0 saturated heterocycles. The van der Waals surface area contributed by atoms with E-state index in [0.717, 1.165) is 0 Å². The monoisotopic (exact) mass is 1620 g/mol. The van der Waals surface area contributed by atoms with E-state index < -0.39 is 63.7 Å². The molecule has 568 valence electrons. The topological polar surface area (TPSA) is 668 Å². The summed E-state index contributed by atoms with van der Waals surface area (Å²) < 4.78 is 105. The van der Waals surface area contributed by atoms with Crippen LogP contribution >= 0.6 is 45.3 Å². The molecule has 0 atom stereocenters. The first-order valence-electron chi connectivity index (χ1n) is 30.0. The highest BCUT2D eigenvalue weighted by Crippen LogP contribution is 2.24. The van der Waals surface area contributed by atoms with Crippen molar-refractivity contribution < 1.29 is 52.8 Å². The SMILES string of the molecule is Cc1nnc(NS(=O)(=O)c2ccc(N)cc2)s1.Cc1nnc(NS(=O)(=O)c2ccc(N)cc2)s1.Cc1nnc(NS(=O)(=O)c2ccc(N)cc2)s1.Cc1nnc(NS(=O)(=O)c2ccc(N)cc2)s1.NC(=O)c1ccc(N)cc1.NC(=O)c1ccc(N)cc1.NC(=O)c1ccc(N)cc1.NC(=O)c1ccc(N)cc1. The van der Waals surface area contributed by atoms with Gasteiger partial charge in [-0.1, -0.05) is 45.3 Å². The number of amides is 4. The largest absolute Gasteiger partial charge is 0.399 e. The molecule has 0 unspecified atom stereocenters. The summed E-state index contributed by atoms with van der Waals surface area (Å²) in [5.41, 5.74) is 69.9. The van der Waals surface area contributed by atoms with E-state index in [1.165, 1.54) is 142 Å². The molecule has 0 aliphatic rings. The van der Waals surface area contributed by atoms with E-state index in [9.17, 15) is 52.8 Å². The van der Waals surface area contributed by atoms with Crippen molar-refractivity contribution in [1.29, 1.82) is 0 Å². The molecule has 0 aliphatic heterocycles. The third-order valence-electron chi connectivity index (χ3n) is 12.5. The summed E-state index contributed by atoms with van der Waals surface area (Å²) in [5, 5.41) is 33.5. The minimum atomic E-state index is -3.61. The van der Waals surface area contributed by atoms with Gasteiger partial charge in [0.25, 0.3) is 40.1 Å². The second kappa shape index (κ2) is 40.0. The fraction of sp³-hybridized carbons (Fsp3) is 0.0625. The number of sulfonamides is 4. The predicted molar refractivity (Wildman–Crippen MR) is 423 cm³/mol. The highest BCUT2D eigenvalue weighted by atomic mass is 32.2. The number of nitrogens with zero attached hydrogens (tertiary/aromatic N) is 8. The van der Waals surface area contributed by atoms with Crippen molar-refractivity contribution in [3.8, 4) is 0 Å². The van der Waals surface area contributed by atoms with Crippen LogP contribution in [-0.2, 0) is 40.1 Å². The molecule has 0 saturated carbocycles. The van der Waals surface area contributed by atoms with Crippen LogP contribution in [0.25, 0.3) is 0 Å². The van der Waals surface area contributed by atoms with Gasteiger partial charge in [0.05, 0.1) is 19.6 Å². The molecule has 0 spiro atoms. The van der Waals surface area contributed by atoms with Gasteiger partial charge in [0, 0.05) is 67.8 Å². The van der Waals surface area contributed by atoms with Gasteiger partial charge in [0.1, 0.15) is 20.0 Å². The number of carbonyl (C=O) groups excluding carboxylic acids is 4. The Kier molecular flexibility index (Phi) is 31.8. The summed E-state index contributed by atoms with van der Waals surface area (Å²) in [4.78, 5) is 42.5. The number of primary amides is 4. The average molecular weight is 1630 g/mol. The molecule has 36 nitrogen and oxygen atoms in total. The van der Waals surface area contributed by atoms with Gasteiger partial charge in [-0.2, -0.15) is 0 Å². The number of hydrogen-bond acceptors (Lipinski definition) is 32. The standard InChI is InChI=1S/4C9H10N4O2S2.4C7H8N2O/c4*1-6-11-12-9(16-6)13-17(14,15)8-4-2-7(10)3-5-8;4*8-6-3-1-5(2-4-6)7(9)10/h4*2-5H,10H2,1H3,(H,12,13);4*1-4H,8H2,(H2,9,10). The number of hydrogen-bond donors (Lipinski definition) is 16. The molecular weight excluding hydrogens is 1550 g/mol. The highest BCUT2D eigenvalue weighted by Gasteiger charge is 2.20. The molecule has 4 aromatic heterocycles. The number of aromatic nitrogens is 8. The first kappa shape index (κ1) is 85.9. The normalized spacial score (nSPS) is 10.6. The molecule has 108 heavy (non-hydrogen) atoms. The van der Waals surface area contributed by atoms with Crippen LogP contribution < -0.4 is 87.7 Å². The molecule has 0 radical (unpaired) electrons. The first-order valence-corrected chi connectivity index (χ1v) is 39.2. The molecule has 28 N–H and O–H groups in total. The zero-order valence-electron chi connectivity index (χ0n) is 57.1. The lowest BCUT2D eigenvalue weighted by Crippen LogP contribution is -2.12. The molecule has 4 heterocycles. The summed E-state index contributed by atoms with van der Waals surface area (Å²) >= 11 is 4.70. The molecule has 0 bridgehead atoms. The number of anilines is 12. The van der Waals surface area contributed by atoms with Crippen molar-refractivity contribution in [3.05, 3.63) is 236 Å². The van der Waals surface area contributed by atoms with Crippen LogP contribution in [0.4, 0.5) is 66.0 Å². The molecule has 4 amide bonds. The number of benzene rings is 8. The summed E-state index contributed by atoms with van der Waals surface area (Å²) in [5.74, 6) is -1.72. The maximum atomic E-state index is 11.9. The van der Waals surface area contributed by atoms with Crippen molar-refractivity contribution in [2.24, 2.45) is 22.9 Å². The number of rotatable bonds is 16. The van der Waals surface area contributed by atoms with Crippen molar-refractivity contribution >= 4 is 175 Å². The van der Waals surface area contributed by atoms with Crippen molar-refractivity contribution in [2.75, 3.05) is 64.8 Å². The summed E-state index contributed by atoms with van der Waals surface area (Å²) in [6.45, 7) is 6.99. The minimum absolute atomic E-state index is 0.138. The van der Waals surface area contributed by atoms with Gasteiger partial charge < -0.3 is 68.8 Å². The van der Waals surface area contributed by atoms with Gasteiger partial charge in [0.15, 0.2) is 0 Å².